The zero-order chi connectivity index (χ0) is 13.2. The van der Waals surface area contributed by atoms with Crippen molar-refractivity contribution in [3.05, 3.63) is 34.9 Å². The summed E-state index contributed by atoms with van der Waals surface area (Å²) in [5, 5.41) is 0. The Labute approximate surface area is 106 Å². The first kappa shape index (κ1) is 13.4. The molecule has 0 bridgehead atoms. The predicted octanol–water partition coefficient (Wildman–Crippen LogP) is 3.23. The Morgan fingerprint density at radius 2 is 1.89 bits per heavy atom. The van der Waals surface area contributed by atoms with Crippen molar-refractivity contribution >= 4 is 0 Å². The highest BCUT2D eigenvalue weighted by Gasteiger charge is 2.35. The van der Waals surface area contributed by atoms with Gasteiger partial charge in [-0.15, -0.1) is 0 Å². The van der Waals surface area contributed by atoms with Crippen molar-refractivity contribution in [1.29, 1.82) is 0 Å². The van der Waals surface area contributed by atoms with Crippen molar-refractivity contribution in [3.63, 3.8) is 0 Å². The van der Waals surface area contributed by atoms with Gasteiger partial charge in [-0.25, -0.2) is 8.78 Å². The van der Waals surface area contributed by atoms with E-state index in [1.165, 1.54) is 19.2 Å². The second-order valence-electron chi connectivity index (χ2n) is 5.05. The molecule has 1 saturated carbocycles. The molecule has 18 heavy (non-hydrogen) atoms. The minimum Gasteiger partial charge on any atom is -0.380 e. The highest BCUT2D eigenvalue weighted by atomic mass is 19.1. The SMILES string of the molecule is COCc1ccc(F)c(C2(N)CCCCC2)c1F. The second kappa shape index (κ2) is 5.33. The Balaban J connectivity index is 2.44. The molecule has 0 aromatic heterocycles. The van der Waals surface area contributed by atoms with Gasteiger partial charge in [0.15, 0.2) is 0 Å². The van der Waals surface area contributed by atoms with E-state index in [2.05, 4.69) is 0 Å². The van der Waals surface area contributed by atoms with Gasteiger partial charge < -0.3 is 10.5 Å². The lowest BCUT2D eigenvalue weighted by atomic mass is 9.76. The van der Waals surface area contributed by atoms with Gasteiger partial charge in [-0.3, -0.25) is 0 Å². The van der Waals surface area contributed by atoms with E-state index in [1.807, 2.05) is 0 Å². The van der Waals surface area contributed by atoms with Crippen molar-refractivity contribution < 1.29 is 13.5 Å². The fourth-order valence-corrected chi connectivity index (χ4v) is 2.75. The minimum atomic E-state index is -0.865. The van der Waals surface area contributed by atoms with Gasteiger partial charge in [0.25, 0.3) is 0 Å². The Kier molecular flexibility index (Phi) is 3.97. The number of methoxy groups -OCH3 is 1. The van der Waals surface area contributed by atoms with Gasteiger partial charge in [-0.2, -0.15) is 0 Å². The van der Waals surface area contributed by atoms with Crippen molar-refractivity contribution in [2.24, 2.45) is 5.73 Å². The maximum absolute atomic E-state index is 14.4. The summed E-state index contributed by atoms with van der Waals surface area (Å²) in [7, 11) is 1.49. The van der Waals surface area contributed by atoms with Crippen LogP contribution in [-0.4, -0.2) is 7.11 Å². The summed E-state index contributed by atoms with van der Waals surface area (Å²) in [5.74, 6) is -1.09. The van der Waals surface area contributed by atoms with E-state index >= 15 is 0 Å². The highest BCUT2D eigenvalue weighted by molar-refractivity contribution is 5.33. The zero-order valence-electron chi connectivity index (χ0n) is 10.6. The highest BCUT2D eigenvalue weighted by Crippen LogP contribution is 2.38. The summed E-state index contributed by atoms with van der Waals surface area (Å²) in [6.45, 7) is 0.134. The van der Waals surface area contributed by atoms with Gasteiger partial charge in [-0.1, -0.05) is 25.3 Å². The molecule has 0 spiro atoms. The van der Waals surface area contributed by atoms with Crippen molar-refractivity contribution in [1.82, 2.24) is 0 Å². The molecule has 2 rings (SSSR count). The largest absolute Gasteiger partial charge is 0.380 e. The summed E-state index contributed by atoms with van der Waals surface area (Å²) >= 11 is 0. The third-order valence-electron chi connectivity index (χ3n) is 3.71. The molecule has 0 amide bonds. The molecule has 0 atom stereocenters. The first-order valence-corrected chi connectivity index (χ1v) is 6.33. The molecule has 2 nitrogen and oxygen atoms in total. The molecule has 4 heteroatoms. The third kappa shape index (κ3) is 2.40. The molecule has 1 aromatic carbocycles. The summed E-state index contributed by atoms with van der Waals surface area (Å²) < 4.78 is 33.2. The fourth-order valence-electron chi connectivity index (χ4n) is 2.75. The van der Waals surface area contributed by atoms with Crippen LogP contribution in [0.4, 0.5) is 8.78 Å². The first-order valence-electron chi connectivity index (χ1n) is 6.33. The molecule has 1 aliphatic rings. The number of ether oxygens (including phenoxy) is 1. The number of hydrogen-bond acceptors (Lipinski definition) is 2. The summed E-state index contributed by atoms with van der Waals surface area (Å²) in [4.78, 5) is 0. The maximum atomic E-state index is 14.4. The van der Waals surface area contributed by atoms with Crippen LogP contribution in [0.25, 0.3) is 0 Å². The predicted molar refractivity (Wildman–Crippen MR) is 66.0 cm³/mol. The molecular formula is C14H19F2NO. The van der Waals surface area contributed by atoms with E-state index in [4.69, 9.17) is 10.5 Å². The van der Waals surface area contributed by atoms with E-state index < -0.39 is 17.2 Å². The molecule has 1 fully saturated rings. The number of benzene rings is 1. The van der Waals surface area contributed by atoms with Crippen LogP contribution in [0.3, 0.4) is 0 Å². The number of hydrogen-bond donors (Lipinski definition) is 1. The van der Waals surface area contributed by atoms with Crippen LogP contribution in [0.5, 0.6) is 0 Å². The molecule has 0 heterocycles. The molecule has 0 aliphatic heterocycles. The molecular weight excluding hydrogens is 236 g/mol. The van der Waals surface area contributed by atoms with Crippen LogP contribution in [0.15, 0.2) is 12.1 Å². The lowest BCUT2D eigenvalue weighted by Gasteiger charge is -2.34. The lowest BCUT2D eigenvalue weighted by molar-refractivity contribution is 0.180. The topological polar surface area (TPSA) is 35.2 Å². The summed E-state index contributed by atoms with van der Waals surface area (Å²) in [6.07, 6.45) is 4.20. The van der Waals surface area contributed by atoms with E-state index in [-0.39, 0.29) is 12.2 Å². The van der Waals surface area contributed by atoms with Crippen LogP contribution in [0.1, 0.15) is 43.2 Å². The summed E-state index contributed by atoms with van der Waals surface area (Å²) in [5.41, 5.74) is 5.77. The first-order chi connectivity index (χ1) is 8.58. The van der Waals surface area contributed by atoms with Crippen molar-refractivity contribution in [2.45, 2.75) is 44.2 Å². The van der Waals surface area contributed by atoms with E-state index in [1.54, 1.807) is 0 Å². The maximum Gasteiger partial charge on any atom is 0.136 e. The third-order valence-corrected chi connectivity index (χ3v) is 3.71. The van der Waals surface area contributed by atoms with Crippen LogP contribution in [-0.2, 0) is 16.9 Å². The normalized spacial score (nSPS) is 18.9. The Bertz CT molecular complexity index is 428. The lowest BCUT2D eigenvalue weighted by Crippen LogP contribution is -2.40. The van der Waals surface area contributed by atoms with Crippen molar-refractivity contribution in [3.8, 4) is 0 Å². The van der Waals surface area contributed by atoms with Gasteiger partial charge >= 0.3 is 0 Å². The van der Waals surface area contributed by atoms with Crippen molar-refractivity contribution in [2.75, 3.05) is 7.11 Å². The quantitative estimate of drug-likeness (QED) is 0.900. The van der Waals surface area contributed by atoms with Crippen LogP contribution >= 0.6 is 0 Å². The molecule has 1 aromatic rings. The molecule has 100 valence electrons. The monoisotopic (exact) mass is 255 g/mol. The van der Waals surface area contributed by atoms with E-state index in [0.29, 0.717) is 18.4 Å². The van der Waals surface area contributed by atoms with Gasteiger partial charge in [0, 0.05) is 23.8 Å². The average molecular weight is 255 g/mol. The molecule has 2 N–H and O–H groups in total. The Hall–Kier alpha value is -1.00. The summed E-state index contributed by atoms with van der Waals surface area (Å²) in [6, 6.07) is 2.71. The van der Waals surface area contributed by atoms with E-state index in [0.717, 1.165) is 19.3 Å². The Morgan fingerprint density at radius 1 is 1.22 bits per heavy atom. The van der Waals surface area contributed by atoms with Crippen LogP contribution in [0.2, 0.25) is 0 Å². The average Bonchev–Trinajstić information content (AvgIpc) is 2.34. The number of nitrogens with two attached hydrogens (primary N) is 1. The standard InChI is InChI=1S/C14H19F2NO/c1-18-9-10-5-6-11(15)12(13(10)16)14(17)7-3-2-4-8-14/h5-6H,2-4,7-9,17H2,1H3. The Morgan fingerprint density at radius 3 is 2.50 bits per heavy atom. The molecule has 0 saturated heterocycles. The number of rotatable bonds is 3. The second-order valence-corrected chi connectivity index (χ2v) is 5.05. The number of halogens is 2. The minimum absolute atomic E-state index is 0.0387. The van der Waals surface area contributed by atoms with E-state index in [9.17, 15) is 8.78 Å². The molecule has 0 radical (unpaired) electrons. The molecule has 0 unspecified atom stereocenters. The van der Waals surface area contributed by atoms with Gasteiger partial charge in [0.05, 0.1) is 6.61 Å². The zero-order valence-corrected chi connectivity index (χ0v) is 10.6. The smallest absolute Gasteiger partial charge is 0.136 e. The van der Waals surface area contributed by atoms with Gasteiger partial charge in [0.1, 0.15) is 11.6 Å². The van der Waals surface area contributed by atoms with Gasteiger partial charge in [0.2, 0.25) is 0 Å². The molecule has 1 aliphatic carbocycles. The fraction of sp³-hybridized carbons (Fsp3) is 0.571. The van der Waals surface area contributed by atoms with Crippen LogP contribution in [0, 0.1) is 11.6 Å². The van der Waals surface area contributed by atoms with Gasteiger partial charge in [-0.05, 0) is 18.9 Å². The van der Waals surface area contributed by atoms with Crippen LogP contribution < -0.4 is 5.73 Å².